The number of nitrogens with two attached hydrogens (primary N) is 1. The van der Waals surface area contributed by atoms with Crippen molar-refractivity contribution in [3.05, 3.63) is 29.6 Å². The molecule has 1 aliphatic heterocycles. The summed E-state index contributed by atoms with van der Waals surface area (Å²) in [4.78, 5) is 2.26. The molecule has 2 nitrogen and oxygen atoms in total. The van der Waals surface area contributed by atoms with Crippen molar-refractivity contribution in [1.29, 1.82) is 0 Å². The van der Waals surface area contributed by atoms with Crippen molar-refractivity contribution in [3.63, 3.8) is 0 Å². The van der Waals surface area contributed by atoms with Crippen molar-refractivity contribution < 1.29 is 4.39 Å². The predicted molar refractivity (Wildman–Crippen MR) is 73.0 cm³/mol. The summed E-state index contributed by atoms with van der Waals surface area (Å²) in [5, 5.41) is 1.15. The molecule has 2 rings (SSSR count). The van der Waals surface area contributed by atoms with Crippen molar-refractivity contribution in [2.45, 2.75) is 30.9 Å². The molecule has 2 unspecified atom stereocenters. The fourth-order valence-corrected chi connectivity index (χ4v) is 3.75. The monoisotopic (exact) mass is 254 g/mol. The van der Waals surface area contributed by atoms with Gasteiger partial charge in [0, 0.05) is 41.4 Å². The number of nitrogens with zero attached hydrogens (tertiary/aromatic N) is 1. The van der Waals surface area contributed by atoms with Crippen LogP contribution in [0.3, 0.4) is 0 Å². The Labute approximate surface area is 106 Å². The third-order valence-corrected chi connectivity index (χ3v) is 4.29. The first kappa shape index (κ1) is 12.7. The first-order valence-electron chi connectivity index (χ1n) is 5.99. The first-order chi connectivity index (χ1) is 8.11. The quantitative estimate of drug-likeness (QED) is 0.879. The molecule has 1 aromatic carbocycles. The normalized spacial score (nSPS) is 25.1. The van der Waals surface area contributed by atoms with Crippen molar-refractivity contribution in [2.24, 2.45) is 5.73 Å². The van der Waals surface area contributed by atoms with E-state index in [0.29, 0.717) is 16.1 Å². The molecule has 0 amide bonds. The Kier molecular flexibility index (Phi) is 3.94. The van der Waals surface area contributed by atoms with E-state index in [0.717, 1.165) is 18.8 Å². The first-order valence-corrected chi connectivity index (χ1v) is 6.94. The van der Waals surface area contributed by atoms with Gasteiger partial charge in [-0.3, -0.25) is 0 Å². The second-order valence-electron chi connectivity index (χ2n) is 4.60. The third kappa shape index (κ3) is 2.75. The minimum atomic E-state index is -0.191. The Bertz CT molecular complexity index is 387. The zero-order valence-corrected chi connectivity index (χ0v) is 11.1. The van der Waals surface area contributed by atoms with E-state index in [4.69, 9.17) is 5.73 Å². The highest BCUT2D eigenvalue weighted by Crippen LogP contribution is 2.31. The van der Waals surface area contributed by atoms with Crippen LogP contribution >= 0.6 is 11.8 Å². The Hall–Kier alpha value is -0.740. The fourth-order valence-electron chi connectivity index (χ4n) is 2.42. The molecule has 17 heavy (non-hydrogen) atoms. The summed E-state index contributed by atoms with van der Waals surface area (Å²) in [6, 6.07) is 5.22. The summed E-state index contributed by atoms with van der Waals surface area (Å²) in [5.41, 5.74) is 7.26. The standard InChI is InChI=1S/C13H19FN2S/c1-9-7-16(8-10(2)17-9)13-5-3-4-12(14)11(13)6-15/h3-5,9-10H,6-8,15H2,1-2H3. The molecule has 94 valence electrons. The maximum absolute atomic E-state index is 13.7. The van der Waals surface area contributed by atoms with E-state index in [-0.39, 0.29) is 12.4 Å². The van der Waals surface area contributed by atoms with Crippen LogP contribution < -0.4 is 10.6 Å². The van der Waals surface area contributed by atoms with Gasteiger partial charge in [0.2, 0.25) is 0 Å². The Morgan fingerprint density at radius 1 is 1.35 bits per heavy atom. The van der Waals surface area contributed by atoms with Crippen LogP contribution in [0.15, 0.2) is 18.2 Å². The van der Waals surface area contributed by atoms with Crippen molar-refractivity contribution in [1.82, 2.24) is 0 Å². The molecule has 1 aromatic rings. The molecule has 0 aromatic heterocycles. The van der Waals surface area contributed by atoms with E-state index < -0.39 is 0 Å². The highest BCUT2D eigenvalue weighted by atomic mass is 32.2. The number of halogens is 1. The minimum absolute atomic E-state index is 0.191. The number of hydrogen-bond acceptors (Lipinski definition) is 3. The number of hydrogen-bond donors (Lipinski definition) is 1. The van der Waals surface area contributed by atoms with Gasteiger partial charge in [-0.1, -0.05) is 19.9 Å². The van der Waals surface area contributed by atoms with Gasteiger partial charge in [0.1, 0.15) is 5.82 Å². The molecule has 4 heteroatoms. The number of thioether (sulfide) groups is 1. The Morgan fingerprint density at radius 3 is 2.59 bits per heavy atom. The van der Waals surface area contributed by atoms with Gasteiger partial charge in [-0.05, 0) is 12.1 Å². The summed E-state index contributed by atoms with van der Waals surface area (Å²) in [6.07, 6.45) is 0. The van der Waals surface area contributed by atoms with Gasteiger partial charge in [0.25, 0.3) is 0 Å². The Balaban J connectivity index is 2.30. The molecule has 0 radical (unpaired) electrons. The molecule has 2 N–H and O–H groups in total. The molecule has 1 saturated heterocycles. The molecule has 0 aliphatic carbocycles. The topological polar surface area (TPSA) is 29.3 Å². The molecule has 1 aliphatic rings. The van der Waals surface area contributed by atoms with Crippen molar-refractivity contribution in [2.75, 3.05) is 18.0 Å². The van der Waals surface area contributed by atoms with Crippen LogP contribution in [0.2, 0.25) is 0 Å². The van der Waals surface area contributed by atoms with Gasteiger partial charge in [-0.25, -0.2) is 4.39 Å². The predicted octanol–water partition coefficient (Wildman–Crippen LogP) is 2.61. The van der Waals surface area contributed by atoms with E-state index in [2.05, 4.69) is 18.7 Å². The average Bonchev–Trinajstić information content (AvgIpc) is 2.27. The second-order valence-corrected chi connectivity index (χ2v) is 6.49. The lowest BCUT2D eigenvalue weighted by molar-refractivity contribution is 0.607. The summed E-state index contributed by atoms with van der Waals surface area (Å²) in [7, 11) is 0. The van der Waals surface area contributed by atoms with E-state index in [1.807, 2.05) is 17.8 Å². The average molecular weight is 254 g/mol. The van der Waals surface area contributed by atoms with Crippen LogP contribution in [0, 0.1) is 5.82 Å². The molecule has 1 heterocycles. The summed E-state index contributed by atoms with van der Waals surface area (Å²) in [5.74, 6) is -0.191. The highest BCUT2D eigenvalue weighted by molar-refractivity contribution is 8.00. The molecule has 0 saturated carbocycles. The number of anilines is 1. The minimum Gasteiger partial charge on any atom is -0.369 e. The summed E-state index contributed by atoms with van der Waals surface area (Å²) >= 11 is 1.99. The van der Waals surface area contributed by atoms with Gasteiger partial charge in [0.15, 0.2) is 0 Å². The van der Waals surface area contributed by atoms with E-state index in [1.165, 1.54) is 6.07 Å². The number of rotatable bonds is 2. The van der Waals surface area contributed by atoms with Gasteiger partial charge in [-0.2, -0.15) is 11.8 Å². The molecular formula is C13H19FN2S. The molecule has 2 atom stereocenters. The number of benzene rings is 1. The summed E-state index contributed by atoms with van der Waals surface area (Å²) < 4.78 is 13.7. The van der Waals surface area contributed by atoms with Crippen LogP contribution in [0.5, 0.6) is 0 Å². The van der Waals surface area contributed by atoms with Crippen LogP contribution in [0.1, 0.15) is 19.4 Å². The van der Waals surface area contributed by atoms with Crippen molar-refractivity contribution >= 4 is 17.4 Å². The van der Waals surface area contributed by atoms with Gasteiger partial charge in [-0.15, -0.1) is 0 Å². The maximum atomic E-state index is 13.7. The molecule has 1 fully saturated rings. The van der Waals surface area contributed by atoms with Crippen LogP contribution in [0.4, 0.5) is 10.1 Å². The van der Waals surface area contributed by atoms with E-state index in [1.54, 1.807) is 6.07 Å². The molecule has 0 spiro atoms. The lowest BCUT2D eigenvalue weighted by Gasteiger charge is -2.37. The zero-order valence-electron chi connectivity index (χ0n) is 10.3. The van der Waals surface area contributed by atoms with Crippen molar-refractivity contribution in [3.8, 4) is 0 Å². The van der Waals surface area contributed by atoms with Gasteiger partial charge >= 0.3 is 0 Å². The smallest absolute Gasteiger partial charge is 0.129 e. The Morgan fingerprint density at radius 2 is 2.00 bits per heavy atom. The van der Waals surface area contributed by atoms with Crippen LogP contribution in [-0.2, 0) is 6.54 Å². The lowest BCUT2D eigenvalue weighted by atomic mass is 10.1. The van der Waals surface area contributed by atoms with E-state index >= 15 is 0 Å². The SMILES string of the molecule is CC1CN(c2cccc(F)c2CN)CC(C)S1. The lowest BCUT2D eigenvalue weighted by Crippen LogP contribution is -2.41. The second kappa shape index (κ2) is 5.27. The summed E-state index contributed by atoms with van der Waals surface area (Å²) in [6.45, 7) is 6.62. The fraction of sp³-hybridized carbons (Fsp3) is 0.538. The van der Waals surface area contributed by atoms with Crippen LogP contribution in [-0.4, -0.2) is 23.6 Å². The zero-order chi connectivity index (χ0) is 12.4. The van der Waals surface area contributed by atoms with Gasteiger partial charge in [0.05, 0.1) is 0 Å². The largest absolute Gasteiger partial charge is 0.369 e. The molecular weight excluding hydrogens is 235 g/mol. The van der Waals surface area contributed by atoms with Crippen LogP contribution in [0.25, 0.3) is 0 Å². The van der Waals surface area contributed by atoms with E-state index in [9.17, 15) is 4.39 Å². The maximum Gasteiger partial charge on any atom is 0.129 e. The third-order valence-electron chi connectivity index (χ3n) is 3.06. The highest BCUT2D eigenvalue weighted by Gasteiger charge is 2.24. The van der Waals surface area contributed by atoms with Gasteiger partial charge < -0.3 is 10.6 Å². The molecule has 0 bridgehead atoms.